The molecule has 0 N–H and O–H groups in total. The number of benzene rings is 1. The van der Waals surface area contributed by atoms with Crippen LogP contribution in [-0.2, 0) is 11.3 Å². The Morgan fingerprint density at radius 3 is 3.08 bits per heavy atom. The van der Waals surface area contributed by atoms with Gasteiger partial charge in [0.05, 0.1) is 0 Å². The zero-order chi connectivity index (χ0) is 9.10. The average molecular weight is 174 g/mol. The molecule has 2 nitrogen and oxygen atoms in total. The number of hydrogen-bond donors (Lipinski definition) is 0. The molecule has 0 saturated carbocycles. The van der Waals surface area contributed by atoms with Gasteiger partial charge in [0, 0.05) is 19.5 Å². The van der Waals surface area contributed by atoms with E-state index in [4.69, 9.17) is 0 Å². The first-order valence-electron chi connectivity index (χ1n) is 4.59. The van der Waals surface area contributed by atoms with Crippen LogP contribution >= 0.6 is 0 Å². The van der Waals surface area contributed by atoms with Crippen molar-refractivity contribution < 1.29 is 4.79 Å². The standard InChI is InChI=1S/C11H12NO/c13-11-7-4-8-12(11)9-10-5-2-1-3-6-10/h1-2,5-6H,4,7-9H2. The fraction of sp³-hybridized carbons (Fsp3) is 0.364. The van der Waals surface area contributed by atoms with Crippen LogP contribution in [0.25, 0.3) is 0 Å². The van der Waals surface area contributed by atoms with Gasteiger partial charge in [-0.15, -0.1) is 0 Å². The average Bonchev–Trinajstić information content (AvgIpc) is 2.54. The molecule has 1 radical (unpaired) electrons. The van der Waals surface area contributed by atoms with Crippen molar-refractivity contribution in [2.24, 2.45) is 0 Å². The van der Waals surface area contributed by atoms with Crippen LogP contribution in [0.4, 0.5) is 0 Å². The summed E-state index contributed by atoms with van der Waals surface area (Å²) in [6.07, 6.45) is 1.73. The van der Waals surface area contributed by atoms with Crippen LogP contribution < -0.4 is 0 Å². The van der Waals surface area contributed by atoms with Gasteiger partial charge in [-0.05, 0) is 24.1 Å². The highest BCUT2D eigenvalue weighted by molar-refractivity contribution is 5.78. The van der Waals surface area contributed by atoms with Crippen molar-refractivity contribution in [3.8, 4) is 0 Å². The van der Waals surface area contributed by atoms with Gasteiger partial charge in [0.15, 0.2) is 0 Å². The Bertz CT molecular complexity index is 294. The Hall–Kier alpha value is -1.31. The highest BCUT2D eigenvalue weighted by Crippen LogP contribution is 2.13. The Morgan fingerprint density at radius 1 is 1.54 bits per heavy atom. The van der Waals surface area contributed by atoms with Crippen molar-refractivity contribution in [2.75, 3.05) is 6.54 Å². The third-order valence-corrected chi connectivity index (χ3v) is 2.32. The predicted octanol–water partition coefficient (Wildman–Crippen LogP) is 1.61. The molecule has 0 unspecified atom stereocenters. The second-order valence-corrected chi connectivity index (χ2v) is 3.33. The lowest BCUT2D eigenvalue weighted by Crippen LogP contribution is -2.23. The number of rotatable bonds is 2. The minimum atomic E-state index is 0.281. The van der Waals surface area contributed by atoms with Gasteiger partial charge in [0.2, 0.25) is 5.91 Å². The van der Waals surface area contributed by atoms with Crippen molar-refractivity contribution in [3.05, 3.63) is 35.9 Å². The first kappa shape index (κ1) is 8.30. The lowest BCUT2D eigenvalue weighted by atomic mass is 10.2. The Morgan fingerprint density at radius 2 is 2.46 bits per heavy atom. The van der Waals surface area contributed by atoms with E-state index >= 15 is 0 Å². The van der Waals surface area contributed by atoms with Crippen molar-refractivity contribution in [1.29, 1.82) is 0 Å². The molecule has 0 atom stereocenters. The zero-order valence-electron chi connectivity index (χ0n) is 7.49. The summed E-state index contributed by atoms with van der Waals surface area (Å²) < 4.78 is 0. The van der Waals surface area contributed by atoms with Gasteiger partial charge in [0.1, 0.15) is 0 Å². The fourth-order valence-corrected chi connectivity index (χ4v) is 1.62. The molecular weight excluding hydrogens is 162 g/mol. The molecular formula is C11H12NO. The summed E-state index contributed by atoms with van der Waals surface area (Å²) in [5.41, 5.74) is 1.16. The largest absolute Gasteiger partial charge is 0.338 e. The van der Waals surface area contributed by atoms with Gasteiger partial charge < -0.3 is 4.90 Å². The maximum Gasteiger partial charge on any atom is 0.222 e. The normalized spacial score (nSPS) is 16.6. The van der Waals surface area contributed by atoms with E-state index in [9.17, 15) is 4.79 Å². The monoisotopic (exact) mass is 174 g/mol. The first-order chi connectivity index (χ1) is 6.36. The molecule has 13 heavy (non-hydrogen) atoms. The molecule has 2 heteroatoms. The number of likely N-dealkylation sites (tertiary alicyclic amines) is 1. The first-order valence-corrected chi connectivity index (χ1v) is 4.59. The molecule has 2 rings (SSSR count). The predicted molar refractivity (Wildman–Crippen MR) is 49.9 cm³/mol. The molecule has 1 fully saturated rings. The Kier molecular flexibility index (Phi) is 2.30. The molecule has 1 aliphatic rings. The van der Waals surface area contributed by atoms with Crippen LogP contribution in [0, 0.1) is 6.07 Å². The summed E-state index contributed by atoms with van der Waals surface area (Å²) in [6.45, 7) is 1.66. The third-order valence-electron chi connectivity index (χ3n) is 2.32. The van der Waals surface area contributed by atoms with Crippen LogP contribution in [0.1, 0.15) is 18.4 Å². The molecule has 0 spiro atoms. The van der Waals surface area contributed by atoms with Crippen LogP contribution in [0.5, 0.6) is 0 Å². The van der Waals surface area contributed by atoms with E-state index < -0.39 is 0 Å². The minimum absolute atomic E-state index is 0.281. The van der Waals surface area contributed by atoms with E-state index in [1.807, 2.05) is 29.2 Å². The highest BCUT2D eigenvalue weighted by atomic mass is 16.2. The minimum Gasteiger partial charge on any atom is -0.338 e. The third kappa shape index (κ3) is 1.89. The number of nitrogens with zero attached hydrogens (tertiary/aromatic N) is 1. The van der Waals surface area contributed by atoms with E-state index in [2.05, 4.69) is 6.07 Å². The molecule has 67 valence electrons. The Balaban J connectivity index is 2.02. The second kappa shape index (κ2) is 3.60. The van der Waals surface area contributed by atoms with Crippen LogP contribution in [0.15, 0.2) is 24.3 Å². The van der Waals surface area contributed by atoms with Gasteiger partial charge in [-0.2, -0.15) is 0 Å². The molecule has 0 aromatic heterocycles. The van der Waals surface area contributed by atoms with Crippen LogP contribution in [-0.4, -0.2) is 17.4 Å². The summed E-state index contributed by atoms with van der Waals surface area (Å²) in [5.74, 6) is 0.281. The molecule has 1 saturated heterocycles. The van der Waals surface area contributed by atoms with E-state index in [1.54, 1.807) is 0 Å². The van der Waals surface area contributed by atoms with E-state index in [-0.39, 0.29) is 5.91 Å². The fourth-order valence-electron chi connectivity index (χ4n) is 1.62. The molecule has 0 bridgehead atoms. The van der Waals surface area contributed by atoms with Crippen LogP contribution in [0.3, 0.4) is 0 Å². The van der Waals surface area contributed by atoms with Crippen molar-refractivity contribution in [2.45, 2.75) is 19.4 Å². The maximum atomic E-state index is 11.3. The van der Waals surface area contributed by atoms with Crippen molar-refractivity contribution in [3.63, 3.8) is 0 Å². The van der Waals surface area contributed by atoms with Gasteiger partial charge in [-0.1, -0.05) is 18.2 Å². The van der Waals surface area contributed by atoms with Crippen LogP contribution in [0.2, 0.25) is 0 Å². The second-order valence-electron chi connectivity index (χ2n) is 3.33. The molecule has 1 aromatic rings. The number of amides is 1. The molecule has 1 aliphatic heterocycles. The Labute approximate surface area is 78.2 Å². The number of hydrogen-bond acceptors (Lipinski definition) is 1. The van der Waals surface area contributed by atoms with Gasteiger partial charge >= 0.3 is 0 Å². The maximum absolute atomic E-state index is 11.3. The lowest BCUT2D eigenvalue weighted by Gasteiger charge is -2.14. The smallest absolute Gasteiger partial charge is 0.222 e. The lowest BCUT2D eigenvalue weighted by molar-refractivity contribution is -0.128. The molecule has 1 aromatic carbocycles. The van der Waals surface area contributed by atoms with E-state index in [0.717, 1.165) is 31.5 Å². The summed E-state index contributed by atoms with van der Waals surface area (Å²) in [6, 6.07) is 10.8. The number of carbonyl (C=O) groups excluding carboxylic acids is 1. The number of carbonyl (C=O) groups is 1. The highest BCUT2D eigenvalue weighted by Gasteiger charge is 2.19. The zero-order valence-corrected chi connectivity index (χ0v) is 7.49. The van der Waals surface area contributed by atoms with Gasteiger partial charge in [0.25, 0.3) is 0 Å². The van der Waals surface area contributed by atoms with E-state index in [0.29, 0.717) is 0 Å². The summed E-state index contributed by atoms with van der Waals surface area (Å²) in [7, 11) is 0. The van der Waals surface area contributed by atoms with Crippen molar-refractivity contribution in [1.82, 2.24) is 4.90 Å². The van der Waals surface area contributed by atoms with Gasteiger partial charge in [-0.3, -0.25) is 4.79 Å². The molecule has 0 aliphatic carbocycles. The summed E-state index contributed by atoms with van der Waals surface area (Å²) >= 11 is 0. The molecule has 1 amide bonds. The van der Waals surface area contributed by atoms with E-state index in [1.165, 1.54) is 0 Å². The topological polar surface area (TPSA) is 20.3 Å². The summed E-state index contributed by atoms with van der Waals surface area (Å²) in [4.78, 5) is 13.2. The summed E-state index contributed by atoms with van der Waals surface area (Å²) in [5, 5.41) is 0. The quantitative estimate of drug-likeness (QED) is 0.667. The van der Waals surface area contributed by atoms with Crippen molar-refractivity contribution >= 4 is 5.91 Å². The SMILES string of the molecule is O=C1CCCN1Cc1c[c]ccc1. The van der Waals surface area contributed by atoms with Gasteiger partial charge in [-0.25, -0.2) is 0 Å². The molecule has 1 heterocycles.